The maximum atomic E-state index is 12.6. The standard InChI is InChI=1S/C19H21N5O4/c1-12(25)20-9-8-13-4-6-14(7-5-13)15(26)10-24-11-21-17-16(24)18(27)23(3)19(28)22(17)2/h4-7,11H,8-10H2,1-3H3,(H,20,25). The molecule has 0 bridgehead atoms. The number of aryl methyl sites for hydroxylation is 1. The predicted molar refractivity (Wildman–Crippen MR) is 103 cm³/mol. The van der Waals surface area contributed by atoms with Crippen LogP contribution in [0.15, 0.2) is 40.2 Å². The topological polar surface area (TPSA) is 108 Å². The lowest BCUT2D eigenvalue weighted by Crippen LogP contribution is -2.37. The number of fused-ring (bicyclic) bond motifs is 1. The van der Waals surface area contributed by atoms with Crippen LogP contribution in [-0.2, 0) is 31.9 Å². The highest BCUT2D eigenvalue weighted by molar-refractivity contribution is 5.96. The van der Waals surface area contributed by atoms with Gasteiger partial charge in [0.2, 0.25) is 5.91 Å². The summed E-state index contributed by atoms with van der Waals surface area (Å²) >= 11 is 0. The normalized spacial score (nSPS) is 11.0. The van der Waals surface area contributed by atoms with Crippen LogP contribution < -0.4 is 16.6 Å². The molecule has 9 nitrogen and oxygen atoms in total. The third-order valence-corrected chi connectivity index (χ3v) is 4.59. The van der Waals surface area contributed by atoms with Crippen LogP contribution in [0.3, 0.4) is 0 Å². The monoisotopic (exact) mass is 383 g/mol. The lowest BCUT2D eigenvalue weighted by molar-refractivity contribution is -0.118. The van der Waals surface area contributed by atoms with E-state index in [1.807, 2.05) is 12.1 Å². The first-order valence-corrected chi connectivity index (χ1v) is 8.77. The van der Waals surface area contributed by atoms with Crippen molar-refractivity contribution >= 4 is 22.9 Å². The minimum Gasteiger partial charge on any atom is -0.356 e. The average molecular weight is 383 g/mol. The smallest absolute Gasteiger partial charge is 0.332 e. The Hall–Kier alpha value is -3.49. The van der Waals surface area contributed by atoms with Gasteiger partial charge in [-0.3, -0.25) is 23.5 Å². The maximum absolute atomic E-state index is 12.6. The maximum Gasteiger partial charge on any atom is 0.332 e. The van der Waals surface area contributed by atoms with E-state index in [1.165, 1.54) is 36.5 Å². The van der Waals surface area contributed by atoms with Crippen molar-refractivity contribution in [1.82, 2.24) is 24.0 Å². The highest BCUT2D eigenvalue weighted by atomic mass is 16.2. The molecular formula is C19H21N5O4. The van der Waals surface area contributed by atoms with Gasteiger partial charge in [-0.1, -0.05) is 24.3 Å². The fraction of sp³-hybridized carbons (Fsp3) is 0.316. The van der Waals surface area contributed by atoms with E-state index in [1.54, 1.807) is 12.1 Å². The van der Waals surface area contributed by atoms with Gasteiger partial charge in [0.15, 0.2) is 16.9 Å². The molecular weight excluding hydrogens is 362 g/mol. The van der Waals surface area contributed by atoms with Crippen molar-refractivity contribution in [3.05, 3.63) is 62.6 Å². The van der Waals surface area contributed by atoms with Gasteiger partial charge in [-0.25, -0.2) is 9.78 Å². The third-order valence-electron chi connectivity index (χ3n) is 4.59. The Bertz CT molecular complexity index is 1170. The number of Topliss-reactive ketones (excluding diaryl/α,β-unsaturated/α-hetero) is 1. The molecule has 1 N–H and O–H groups in total. The van der Waals surface area contributed by atoms with Crippen molar-refractivity contribution in [2.45, 2.75) is 19.9 Å². The molecule has 146 valence electrons. The number of amides is 1. The number of benzene rings is 1. The zero-order valence-corrected chi connectivity index (χ0v) is 15.9. The fourth-order valence-electron chi connectivity index (χ4n) is 3.00. The molecule has 0 aliphatic heterocycles. The zero-order chi connectivity index (χ0) is 20.4. The van der Waals surface area contributed by atoms with Gasteiger partial charge in [0.05, 0.1) is 12.9 Å². The van der Waals surface area contributed by atoms with Gasteiger partial charge in [-0.05, 0) is 12.0 Å². The first-order valence-electron chi connectivity index (χ1n) is 8.77. The average Bonchev–Trinajstić information content (AvgIpc) is 3.08. The Morgan fingerprint density at radius 2 is 1.75 bits per heavy atom. The third kappa shape index (κ3) is 3.64. The van der Waals surface area contributed by atoms with Gasteiger partial charge >= 0.3 is 5.69 Å². The van der Waals surface area contributed by atoms with Gasteiger partial charge in [0, 0.05) is 33.1 Å². The molecule has 28 heavy (non-hydrogen) atoms. The van der Waals surface area contributed by atoms with Crippen molar-refractivity contribution in [3.63, 3.8) is 0 Å². The molecule has 0 spiro atoms. The molecule has 3 aromatic rings. The van der Waals surface area contributed by atoms with Crippen LogP contribution in [0.5, 0.6) is 0 Å². The summed E-state index contributed by atoms with van der Waals surface area (Å²) in [5, 5.41) is 2.72. The van der Waals surface area contributed by atoms with Gasteiger partial charge < -0.3 is 9.88 Å². The molecule has 0 atom stereocenters. The van der Waals surface area contributed by atoms with E-state index >= 15 is 0 Å². The second kappa shape index (κ2) is 7.63. The number of rotatable bonds is 6. The summed E-state index contributed by atoms with van der Waals surface area (Å²) in [7, 11) is 2.92. The molecule has 2 heterocycles. The summed E-state index contributed by atoms with van der Waals surface area (Å²) in [6.07, 6.45) is 2.06. The number of aromatic nitrogens is 4. The van der Waals surface area contributed by atoms with Crippen LogP contribution >= 0.6 is 0 Å². The Kier molecular flexibility index (Phi) is 5.25. The van der Waals surface area contributed by atoms with Crippen LogP contribution in [0.1, 0.15) is 22.8 Å². The summed E-state index contributed by atoms with van der Waals surface area (Å²) in [5.74, 6) is -0.258. The fourth-order valence-corrected chi connectivity index (χ4v) is 3.00. The van der Waals surface area contributed by atoms with Crippen LogP contribution in [0.2, 0.25) is 0 Å². The van der Waals surface area contributed by atoms with E-state index in [-0.39, 0.29) is 29.4 Å². The van der Waals surface area contributed by atoms with Crippen molar-refractivity contribution in [1.29, 1.82) is 0 Å². The lowest BCUT2D eigenvalue weighted by atomic mass is 10.1. The van der Waals surface area contributed by atoms with Crippen LogP contribution in [-0.4, -0.2) is 36.9 Å². The quantitative estimate of drug-likeness (QED) is 0.603. The number of imidazole rings is 1. The molecule has 9 heteroatoms. The Labute approximate surface area is 160 Å². The van der Waals surface area contributed by atoms with E-state index < -0.39 is 11.2 Å². The highest BCUT2D eigenvalue weighted by Crippen LogP contribution is 2.10. The molecule has 0 aliphatic rings. The lowest BCUT2D eigenvalue weighted by Gasteiger charge is -2.07. The van der Waals surface area contributed by atoms with Crippen LogP contribution in [0.25, 0.3) is 11.2 Å². The Morgan fingerprint density at radius 1 is 1.07 bits per heavy atom. The van der Waals surface area contributed by atoms with Crippen molar-refractivity contribution < 1.29 is 9.59 Å². The van der Waals surface area contributed by atoms with Crippen molar-refractivity contribution in [3.8, 4) is 0 Å². The Morgan fingerprint density at radius 3 is 2.39 bits per heavy atom. The largest absolute Gasteiger partial charge is 0.356 e. The van der Waals surface area contributed by atoms with Gasteiger partial charge in [0.1, 0.15) is 0 Å². The number of hydrogen-bond donors (Lipinski definition) is 1. The molecule has 3 rings (SSSR count). The van der Waals surface area contributed by atoms with Crippen molar-refractivity contribution in [2.75, 3.05) is 6.54 Å². The highest BCUT2D eigenvalue weighted by Gasteiger charge is 2.16. The minimum absolute atomic E-state index is 0.0603. The van der Waals surface area contributed by atoms with Crippen LogP contribution in [0.4, 0.5) is 0 Å². The SMILES string of the molecule is CC(=O)NCCc1ccc(C(=O)Cn2cnc3c2c(=O)n(C)c(=O)n3C)cc1. The van der Waals surface area contributed by atoms with E-state index in [0.29, 0.717) is 18.5 Å². The number of carbonyl (C=O) groups excluding carboxylic acids is 2. The molecule has 0 unspecified atom stereocenters. The molecule has 0 saturated heterocycles. The van der Waals surface area contributed by atoms with Crippen LogP contribution in [0, 0.1) is 0 Å². The van der Waals surface area contributed by atoms with Gasteiger partial charge in [-0.15, -0.1) is 0 Å². The number of hydrogen-bond acceptors (Lipinski definition) is 5. The van der Waals surface area contributed by atoms with E-state index in [9.17, 15) is 19.2 Å². The molecule has 0 aliphatic carbocycles. The van der Waals surface area contributed by atoms with E-state index in [4.69, 9.17) is 0 Å². The van der Waals surface area contributed by atoms with Gasteiger partial charge in [-0.2, -0.15) is 0 Å². The molecule has 1 aromatic carbocycles. The number of nitrogens with one attached hydrogen (secondary N) is 1. The zero-order valence-electron chi connectivity index (χ0n) is 15.9. The molecule has 2 aromatic heterocycles. The van der Waals surface area contributed by atoms with E-state index in [2.05, 4.69) is 10.3 Å². The second-order valence-corrected chi connectivity index (χ2v) is 6.60. The number of ketones is 1. The van der Waals surface area contributed by atoms with Crippen molar-refractivity contribution in [2.24, 2.45) is 14.1 Å². The summed E-state index contributed by atoms with van der Waals surface area (Å²) in [6, 6.07) is 7.12. The van der Waals surface area contributed by atoms with Gasteiger partial charge in [0.25, 0.3) is 5.56 Å². The van der Waals surface area contributed by atoms with E-state index in [0.717, 1.165) is 10.1 Å². The molecule has 0 saturated carbocycles. The molecule has 1 amide bonds. The predicted octanol–water partition coefficient (Wildman–Crippen LogP) is -0.00480. The first kappa shape index (κ1) is 19.3. The number of nitrogens with zero attached hydrogens (tertiary/aromatic N) is 4. The minimum atomic E-state index is -0.489. The summed E-state index contributed by atoms with van der Waals surface area (Å²) in [4.78, 5) is 52.1. The second-order valence-electron chi connectivity index (χ2n) is 6.60. The summed E-state index contributed by atoms with van der Waals surface area (Å²) in [6.45, 7) is 1.94. The summed E-state index contributed by atoms with van der Waals surface area (Å²) in [5.41, 5.74) is 1.01. The molecule has 0 fully saturated rings. The Balaban J connectivity index is 1.81. The number of carbonyl (C=O) groups is 2. The summed E-state index contributed by atoms with van der Waals surface area (Å²) < 4.78 is 3.74. The molecule has 0 radical (unpaired) electrons. The first-order chi connectivity index (χ1) is 13.3.